The van der Waals surface area contributed by atoms with Gasteiger partial charge in [-0.2, -0.15) is 0 Å². The number of rotatable bonds is 16. The third-order valence-corrected chi connectivity index (χ3v) is 23.5. The van der Waals surface area contributed by atoms with Gasteiger partial charge in [0.25, 0.3) is 0 Å². The Labute approximate surface area is 209 Å². The summed E-state index contributed by atoms with van der Waals surface area (Å²) in [6.07, 6.45) is 1.31. The first-order valence-electron chi connectivity index (χ1n) is 12.9. The van der Waals surface area contributed by atoms with Crippen LogP contribution in [0.2, 0.25) is 39.0 Å². The van der Waals surface area contributed by atoms with Crippen molar-refractivity contribution in [3.63, 3.8) is 0 Å². The Morgan fingerprint density at radius 2 is 1.59 bits per heavy atom. The summed E-state index contributed by atoms with van der Waals surface area (Å²) in [5, 5.41) is 6.73. The quantitative estimate of drug-likeness (QED) is 0.204. The molecule has 1 heterocycles. The molecule has 0 aliphatic carbocycles. The summed E-state index contributed by atoms with van der Waals surface area (Å²) in [7, 11) is -1.30. The molecule has 1 rings (SSSR count). The number of nitrogens with zero attached hydrogens (tertiary/aromatic N) is 2. The molecular weight excluding hydrogens is 566 g/mol. The molecule has 0 spiro atoms. The minimum atomic E-state index is -4.47. The standard InChI is InChI=1S/C12H19F3N3O2Si.3C4H9.Sn/c1-21(2,3)9-8-20-11(19)16-5-7-18-6-4-10(17-18)12(13,14)15;3*1-3-4-2;/h4H,5,7-9H2,1-3H3,(H,16,19);3*1,3-4H2,2H3;. The Bertz CT molecular complexity index is 714. The predicted octanol–water partition coefficient (Wildman–Crippen LogP) is 7.02. The number of unbranched alkanes of at least 4 members (excludes halogenated alkanes) is 3. The monoisotopic (exact) mass is 613 g/mol. The van der Waals surface area contributed by atoms with E-state index in [1.165, 1.54) is 6.07 Å². The number of aromatic nitrogens is 2. The molecule has 1 N–H and O–H groups in total. The fraction of sp³-hybridized carbons (Fsp3) is 0.833. The van der Waals surface area contributed by atoms with Crippen LogP contribution < -0.4 is 9.03 Å². The van der Waals surface area contributed by atoms with Gasteiger partial charge in [0.2, 0.25) is 0 Å². The molecule has 0 bridgehead atoms. The third kappa shape index (κ3) is 10.9. The van der Waals surface area contributed by atoms with Crippen molar-refractivity contribution in [2.45, 2.75) is 111 Å². The first kappa shape index (κ1) is 31.3. The van der Waals surface area contributed by atoms with Crippen molar-refractivity contribution >= 4 is 36.3 Å². The second-order valence-corrected chi connectivity index (χ2v) is 29.3. The molecule has 0 unspecified atom stereocenters. The van der Waals surface area contributed by atoms with Gasteiger partial charge in [-0.1, -0.05) is 0 Å². The molecule has 0 aliphatic rings. The fourth-order valence-electron chi connectivity index (χ4n) is 4.22. The van der Waals surface area contributed by atoms with Crippen molar-refractivity contribution in [1.82, 2.24) is 15.1 Å². The van der Waals surface area contributed by atoms with Gasteiger partial charge in [-0.05, 0) is 0 Å². The van der Waals surface area contributed by atoms with Gasteiger partial charge in [0.05, 0.1) is 0 Å². The van der Waals surface area contributed by atoms with E-state index in [-0.39, 0.29) is 13.1 Å². The van der Waals surface area contributed by atoms with Crippen LogP contribution in [0.25, 0.3) is 0 Å². The number of nitrogens with one attached hydrogen (secondary N) is 1. The SMILES string of the molecule is CCC[CH2][Sn]([CH2]CCC)([CH2]CCC)[c]1cc(C(F)(F)F)nn1CCNC(=O)OCC[Si](C)(C)C. The van der Waals surface area contributed by atoms with Gasteiger partial charge in [0.15, 0.2) is 0 Å². The molecule has 1 amide bonds. The van der Waals surface area contributed by atoms with Gasteiger partial charge in [-0.15, -0.1) is 0 Å². The Morgan fingerprint density at radius 1 is 1.06 bits per heavy atom. The van der Waals surface area contributed by atoms with Crippen molar-refractivity contribution in [2.24, 2.45) is 0 Å². The number of alkyl carbamates (subject to hydrolysis) is 1. The van der Waals surface area contributed by atoms with Gasteiger partial charge in [0, 0.05) is 0 Å². The van der Waals surface area contributed by atoms with E-state index in [2.05, 4.69) is 50.8 Å². The molecule has 0 radical (unpaired) electrons. The number of hydrogen-bond acceptors (Lipinski definition) is 3. The Morgan fingerprint density at radius 3 is 2.03 bits per heavy atom. The first-order chi connectivity index (χ1) is 15.9. The van der Waals surface area contributed by atoms with Gasteiger partial charge in [0.1, 0.15) is 0 Å². The number of ether oxygens (including phenoxy) is 1. The zero-order chi connectivity index (χ0) is 25.8. The van der Waals surface area contributed by atoms with Crippen LogP contribution in [0.4, 0.5) is 18.0 Å². The van der Waals surface area contributed by atoms with E-state index in [1.807, 2.05) is 0 Å². The normalized spacial score (nSPS) is 12.7. The molecule has 5 nitrogen and oxygen atoms in total. The molecule has 10 heteroatoms. The molecule has 0 aliphatic heterocycles. The van der Waals surface area contributed by atoms with Crippen molar-refractivity contribution in [3.05, 3.63) is 11.8 Å². The minimum absolute atomic E-state index is 0.203. The number of carbonyl (C=O) groups is 1. The molecule has 34 heavy (non-hydrogen) atoms. The Hall–Kier alpha value is -0.714. The van der Waals surface area contributed by atoms with E-state index in [9.17, 15) is 18.0 Å². The Kier molecular flexibility index (Phi) is 13.6. The van der Waals surface area contributed by atoms with Crippen molar-refractivity contribution < 1.29 is 22.7 Å². The van der Waals surface area contributed by atoms with E-state index >= 15 is 0 Å². The van der Waals surface area contributed by atoms with Crippen LogP contribution in [0.5, 0.6) is 0 Å². The second-order valence-electron chi connectivity index (χ2n) is 10.6. The molecular formula is C24H46F3N3O2SiSn. The fourth-order valence-corrected chi connectivity index (χ4v) is 21.4. The molecule has 198 valence electrons. The van der Waals surface area contributed by atoms with E-state index < -0.39 is 44.4 Å². The van der Waals surface area contributed by atoms with Crippen molar-refractivity contribution in [2.75, 3.05) is 13.2 Å². The van der Waals surface area contributed by atoms with Crippen molar-refractivity contribution in [1.29, 1.82) is 0 Å². The zero-order valence-electron chi connectivity index (χ0n) is 22.1. The number of carbonyl (C=O) groups excluding carboxylic acids is 1. The number of alkyl halides is 3. The van der Waals surface area contributed by atoms with Crippen LogP contribution in [0.3, 0.4) is 0 Å². The summed E-state index contributed by atoms with van der Waals surface area (Å²) >= 11 is -3.15. The van der Waals surface area contributed by atoms with Crippen LogP contribution in [0.1, 0.15) is 65.0 Å². The average molecular weight is 612 g/mol. The summed E-state index contributed by atoms with van der Waals surface area (Å²) in [6, 6.07) is 2.23. The van der Waals surface area contributed by atoms with E-state index in [0.29, 0.717) is 6.61 Å². The van der Waals surface area contributed by atoms with Gasteiger partial charge in [-0.25, -0.2) is 0 Å². The van der Waals surface area contributed by atoms with E-state index in [0.717, 1.165) is 61.6 Å². The third-order valence-electron chi connectivity index (χ3n) is 6.32. The van der Waals surface area contributed by atoms with Crippen LogP contribution in [0.15, 0.2) is 6.07 Å². The molecule has 0 saturated carbocycles. The predicted molar refractivity (Wildman–Crippen MR) is 139 cm³/mol. The van der Waals surface area contributed by atoms with Crippen LogP contribution in [-0.2, 0) is 17.5 Å². The summed E-state index contributed by atoms with van der Waals surface area (Å²) in [6.45, 7) is 13.9. The molecule has 0 fully saturated rings. The molecule has 0 aromatic carbocycles. The summed E-state index contributed by atoms with van der Waals surface area (Å²) in [4.78, 5) is 12.1. The average Bonchev–Trinajstić information content (AvgIpc) is 3.18. The van der Waals surface area contributed by atoms with Crippen LogP contribution in [0, 0.1) is 0 Å². The van der Waals surface area contributed by atoms with E-state index in [4.69, 9.17) is 4.74 Å². The number of hydrogen-bond donors (Lipinski definition) is 1. The van der Waals surface area contributed by atoms with Gasteiger partial charge < -0.3 is 0 Å². The number of halogens is 3. The van der Waals surface area contributed by atoms with Crippen LogP contribution in [-0.4, -0.2) is 55.5 Å². The molecule has 1 aromatic rings. The topological polar surface area (TPSA) is 56.2 Å². The maximum absolute atomic E-state index is 13.7. The van der Waals surface area contributed by atoms with Gasteiger partial charge in [-0.3, -0.25) is 0 Å². The Balaban J connectivity index is 3.12. The summed E-state index contributed by atoms with van der Waals surface area (Å²) < 4.78 is 51.9. The zero-order valence-corrected chi connectivity index (χ0v) is 26.0. The molecule has 0 saturated heterocycles. The van der Waals surface area contributed by atoms with Crippen molar-refractivity contribution in [3.8, 4) is 0 Å². The first-order valence-corrected chi connectivity index (χ1v) is 24.1. The summed E-state index contributed by atoms with van der Waals surface area (Å²) in [5.41, 5.74) is -0.800. The summed E-state index contributed by atoms with van der Waals surface area (Å²) in [5.74, 6) is 0. The van der Waals surface area contributed by atoms with E-state index in [1.54, 1.807) is 4.68 Å². The maximum atomic E-state index is 13.7. The number of amides is 1. The second kappa shape index (κ2) is 14.8. The van der Waals surface area contributed by atoms with Gasteiger partial charge >= 0.3 is 210 Å². The molecule has 1 aromatic heterocycles. The van der Waals surface area contributed by atoms with Crippen LogP contribution >= 0.6 is 0 Å². The molecule has 0 atom stereocenters.